The topological polar surface area (TPSA) is 124 Å². The number of rotatable bonds is 13. The molecule has 3 aromatic rings. The first-order valence-corrected chi connectivity index (χ1v) is 15.6. The van der Waals surface area contributed by atoms with Crippen molar-refractivity contribution in [3.05, 3.63) is 60.3 Å². The third-order valence-electron chi connectivity index (χ3n) is 6.80. The number of hydrogen-bond acceptors (Lipinski definition) is 9. The highest BCUT2D eigenvalue weighted by molar-refractivity contribution is 7.85. The largest absolute Gasteiger partial charge is 0.494 e. The Bertz CT molecular complexity index is 1430. The molecule has 1 aliphatic heterocycles. The number of piperidine rings is 1. The Balaban J connectivity index is 1.60. The smallest absolute Gasteiger partial charge is 0.247 e. The number of carbonyl (C=O) groups excluding carboxylic acids is 1. The van der Waals surface area contributed by atoms with Gasteiger partial charge in [-0.3, -0.25) is 4.79 Å². The van der Waals surface area contributed by atoms with Gasteiger partial charge in [-0.1, -0.05) is 36.7 Å². The molecule has 1 aliphatic rings. The van der Waals surface area contributed by atoms with E-state index in [1.807, 2.05) is 31.3 Å². The predicted octanol–water partition coefficient (Wildman–Crippen LogP) is 5.38. The number of nitrogens with zero attached hydrogens (tertiary/aromatic N) is 4. The van der Waals surface area contributed by atoms with Crippen molar-refractivity contribution in [3.63, 3.8) is 0 Å². The highest BCUT2D eigenvalue weighted by Gasteiger charge is 2.18. The van der Waals surface area contributed by atoms with Crippen LogP contribution in [-0.2, 0) is 15.8 Å². The maximum absolute atomic E-state index is 12.4. The molecule has 1 saturated heterocycles. The Morgan fingerprint density at radius 2 is 1.88 bits per heavy atom. The summed E-state index contributed by atoms with van der Waals surface area (Å²) in [5.41, 5.74) is 3.21. The van der Waals surface area contributed by atoms with Crippen LogP contribution in [0.25, 0.3) is 0 Å². The maximum Gasteiger partial charge on any atom is 0.247 e. The molecule has 0 aliphatic carbocycles. The van der Waals surface area contributed by atoms with E-state index in [2.05, 4.69) is 47.0 Å². The molecule has 13 heteroatoms. The van der Waals surface area contributed by atoms with Crippen molar-refractivity contribution < 1.29 is 13.7 Å². The van der Waals surface area contributed by atoms with E-state index >= 15 is 0 Å². The third kappa shape index (κ3) is 8.34. The molecule has 0 radical (unpaired) electrons. The van der Waals surface area contributed by atoms with E-state index in [1.54, 1.807) is 25.5 Å². The minimum atomic E-state index is -1.26. The quantitative estimate of drug-likeness (QED) is 0.188. The molecular formula is C29H37ClN8O3S. The second kappa shape index (κ2) is 14.9. The minimum absolute atomic E-state index is 0.247. The SMILES string of the molecule is C=CC(=O)Nc1cc(Nc2ncc(Cl)c(Nc3ccccc3NS(C)=O)n2)c(OC)cc1N(C)CCN1CCCCC1. The van der Waals surface area contributed by atoms with E-state index in [4.69, 9.17) is 16.3 Å². The number of amides is 1. The Labute approximate surface area is 254 Å². The van der Waals surface area contributed by atoms with Crippen LogP contribution < -0.4 is 30.3 Å². The van der Waals surface area contributed by atoms with E-state index < -0.39 is 11.0 Å². The highest BCUT2D eigenvalue weighted by atomic mass is 35.5. The molecule has 2 heterocycles. The summed E-state index contributed by atoms with van der Waals surface area (Å²) in [6.45, 7) is 7.52. The number of aromatic nitrogens is 2. The van der Waals surface area contributed by atoms with Crippen LogP contribution in [0.5, 0.6) is 5.75 Å². The van der Waals surface area contributed by atoms with Crippen LogP contribution in [-0.4, -0.2) is 71.6 Å². The van der Waals surface area contributed by atoms with Gasteiger partial charge in [-0.15, -0.1) is 0 Å². The number of carbonyl (C=O) groups is 1. The summed E-state index contributed by atoms with van der Waals surface area (Å²) < 4.78 is 20.4. The van der Waals surface area contributed by atoms with Gasteiger partial charge in [-0.2, -0.15) is 4.98 Å². The van der Waals surface area contributed by atoms with E-state index in [0.717, 1.165) is 31.9 Å². The summed E-state index contributed by atoms with van der Waals surface area (Å²) in [6.07, 6.45) is 8.00. The summed E-state index contributed by atoms with van der Waals surface area (Å²) >= 11 is 6.42. The van der Waals surface area contributed by atoms with Crippen molar-refractivity contribution in [1.82, 2.24) is 14.9 Å². The van der Waals surface area contributed by atoms with Crippen LogP contribution in [0.15, 0.2) is 55.3 Å². The summed E-state index contributed by atoms with van der Waals surface area (Å²) in [7, 11) is 2.31. The van der Waals surface area contributed by atoms with Gasteiger partial charge in [0.15, 0.2) is 5.82 Å². The number of ether oxygens (including phenoxy) is 1. The number of para-hydroxylation sites is 2. The van der Waals surface area contributed by atoms with E-state index in [0.29, 0.717) is 39.3 Å². The first-order valence-electron chi connectivity index (χ1n) is 13.6. The van der Waals surface area contributed by atoms with Gasteiger partial charge in [0.2, 0.25) is 11.9 Å². The average molecular weight is 613 g/mol. The number of likely N-dealkylation sites (tertiary alicyclic amines) is 1. The average Bonchev–Trinajstić information content (AvgIpc) is 2.99. The van der Waals surface area contributed by atoms with E-state index in [9.17, 15) is 9.00 Å². The summed E-state index contributed by atoms with van der Waals surface area (Å²) in [4.78, 5) is 25.8. The zero-order valence-electron chi connectivity index (χ0n) is 24.1. The van der Waals surface area contributed by atoms with Crippen molar-refractivity contribution in [2.75, 3.05) is 72.2 Å². The molecule has 0 saturated carbocycles. The Hall–Kier alpha value is -3.87. The second-order valence-electron chi connectivity index (χ2n) is 9.83. The van der Waals surface area contributed by atoms with Crippen LogP contribution in [0, 0.1) is 0 Å². The number of halogens is 1. The number of nitrogens with one attached hydrogen (secondary N) is 4. The fourth-order valence-electron chi connectivity index (χ4n) is 4.63. The predicted molar refractivity (Wildman–Crippen MR) is 173 cm³/mol. The number of hydrogen-bond donors (Lipinski definition) is 4. The van der Waals surface area contributed by atoms with Crippen LogP contribution in [0.2, 0.25) is 5.02 Å². The molecule has 1 aromatic heterocycles. The molecule has 42 heavy (non-hydrogen) atoms. The molecule has 11 nitrogen and oxygen atoms in total. The van der Waals surface area contributed by atoms with Crippen molar-refractivity contribution in [2.24, 2.45) is 0 Å². The van der Waals surface area contributed by atoms with Crippen LogP contribution in [0.1, 0.15) is 19.3 Å². The van der Waals surface area contributed by atoms with Crippen molar-refractivity contribution in [1.29, 1.82) is 0 Å². The van der Waals surface area contributed by atoms with Gasteiger partial charge >= 0.3 is 0 Å². The normalized spacial score (nSPS) is 14.0. The summed E-state index contributed by atoms with van der Waals surface area (Å²) in [5, 5.41) is 9.59. The molecular weight excluding hydrogens is 576 g/mol. The minimum Gasteiger partial charge on any atom is -0.494 e. The third-order valence-corrected chi connectivity index (χ3v) is 7.58. The van der Waals surface area contributed by atoms with Gasteiger partial charge in [0, 0.05) is 32.5 Å². The lowest BCUT2D eigenvalue weighted by Crippen LogP contribution is -2.36. The lowest BCUT2D eigenvalue weighted by molar-refractivity contribution is -0.111. The zero-order valence-corrected chi connectivity index (χ0v) is 25.6. The van der Waals surface area contributed by atoms with E-state index in [1.165, 1.54) is 31.5 Å². The van der Waals surface area contributed by atoms with Crippen LogP contribution in [0.4, 0.5) is 40.2 Å². The fourth-order valence-corrected chi connectivity index (χ4v) is 5.26. The molecule has 2 aromatic carbocycles. The number of likely N-dealkylation sites (N-methyl/N-ethyl adjacent to an activating group) is 1. The second-order valence-corrected chi connectivity index (χ2v) is 11.3. The lowest BCUT2D eigenvalue weighted by atomic mass is 10.1. The molecule has 1 atom stereocenters. The number of methoxy groups -OCH3 is 1. The molecule has 4 rings (SSSR count). The highest BCUT2D eigenvalue weighted by Crippen LogP contribution is 2.38. The molecule has 4 N–H and O–H groups in total. The van der Waals surface area contributed by atoms with Gasteiger partial charge in [0.1, 0.15) is 21.8 Å². The summed E-state index contributed by atoms with van der Waals surface area (Å²) in [5.74, 6) is 0.807. The molecule has 224 valence electrons. The Kier molecular flexibility index (Phi) is 11.0. The first kappa shape index (κ1) is 31.1. The molecule has 1 fully saturated rings. The maximum atomic E-state index is 12.4. The fraction of sp³-hybridized carbons (Fsp3) is 0.345. The van der Waals surface area contributed by atoms with Gasteiger partial charge in [-0.25, -0.2) is 9.19 Å². The van der Waals surface area contributed by atoms with Gasteiger partial charge in [0.05, 0.1) is 41.7 Å². The number of anilines is 7. The molecule has 0 bridgehead atoms. The van der Waals surface area contributed by atoms with Crippen molar-refractivity contribution in [3.8, 4) is 5.75 Å². The van der Waals surface area contributed by atoms with Crippen molar-refractivity contribution in [2.45, 2.75) is 19.3 Å². The lowest BCUT2D eigenvalue weighted by Gasteiger charge is -2.30. The Morgan fingerprint density at radius 3 is 2.57 bits per heavy atom. The van der Waals surface area contributed by atoms with Crippen LogP contribution >= 0.6 is 11.6 Å². The Morgan fingerprint density at radius 1 is 1.14 bits per heavy atom. The standard InChI is InChI=1S/C29H37ClN8O3S/c1-5-27(39)32-23-17-24(26(41-3)18-25(23)37(2)15-16-38-13-9-6-10-14-38)34-29-31-19-20(30)28(35-29)33-21-11-7-8-12-22(21)36-42(4)40/h5,7-8,11-12,17-19,36H,1,6,9-10,13-16H2,2-4H3,(H,32,39)(H2,31,33,34,35). The van der Waals surface area contributed by atoms with Gasteiger partial charge < -0.3 is 35.2 Å². The number of benzene rings is 2. The zero-order chi connectivity index (χ0) is 30.1. The molecule has 1 amide bonds. The van der Waals surface area contributed by atoms with Gasteiger partial charge in [0.25, 0.3) is 0 Å². The first-order chi connectivity index (χ1) is 20.3. The summed E-state index contributed by atoms with van der Waals surface area (Å²) in [6, 6.07) is 11.0. The molecule has 0 spiro atoms. The monoisotopic (exact) mass is 612 g/mol. The van der Waals surface area contributed by atoms with Gasteiger partial charge in [-0.05, 0) is 50.2 Å². The molecule has 1 unspecified atom stereocenters. The van der Waals surface area contributed by atoms with Crippen LogP contribution in [0.3, 0.4) is 0 Å². The van der Waals surface area contributed by atoms with Crippen molar-refractivity contribution >= 4 is 68.7 Å². The van der Waals surface area contributed by atoms with E-state index in [-0.39, 0.29) is 11.9 Å².